The second kappa shape index (κ2) is 5.59. The van der Waals surface area contributed by atoms with Gasteiger partial charge in [0.2, 0.25) is 0 Å². The summed E-state index contributed by atoms with van der Waals surface area (Å²) in [5.41, 5.74) is 0.657. The van der Waals surface area contributed by atoms with Gasteiger partial charge in [0.25, 0.3) is 0 Å². The highest BCUT2D eigenvalue weighted by molar-refractivity contribution is 6.36. The van der Waals surface area contributed by atoms with Gasteiger partial charge in [-0.15, -0.1) is 0 Å². The Morgan fingerprint density at radius 2 is 1.86 bits per heavy atom. The van der Waals surface area contributed by atoms with Gasteiger partial charge in [0.1, 0.15) is 0 Å². The van der Waals surface area contributed by atoms with Crippen LogP contribution in [0.4, 0.5) is 0 Å². The van der Waals surface area contributed by atoms with Crippen molar-refractivity contribution in [3.8, 4) is 0 Å². The fourth-order valence-corrected chi connectivity index (χ4v) is 2.02. The summed E-state index contributed by atoms with van der Waals surface area (Å²) < 4.78 is 0. The van der Waals surface area contributed by atoms with Gasteiger partial charge in [-0.05, 0) is 18.6 Å². The summed E-state index contributed by atoms with van der Waals surface area (Å²) in [6, 6.07) is 5.27. The molecule has 1 nitrogen and oxygen atoms in total. The maximum Gasteiger partial charge on any atom is 0.0819 e. The normalized spacial score (nSPS) is 12.9. The van der Waals surface area contributed by atoms with Gasteiger partial charge >= 0.3 is 0 Å². The molecule has 0 aliphatic rings. The minimum atomic E-state index is -0.545. The van der Waals surface area contributed by atoms with E-state index < -0.39 is 6.10 Å². The maximum atomic E-state index is 9.84. The van der Waals surface area contributed by atoms with Crippen molar-refractivity contribution in [3.63, 3.8) is 0 Å². The van der Waals surface area contributed by atoms with Crippen molar-refractivity contribution in [3.05, 3.63) is 33.8 Å². The fraction of sp³-hybridized carbons (Fsp3) is 0.455. The van der Waals surface area contributed by atoms with Crippen molar-refractivity contribution in [2.24, 2.45) is 0 Å². The zero-order chi connectivity index (χ0) is 10.6. The van der Waals surface area contributed by atoms with E-state index in [0.717, 1.165) is 12.8 Å². The van der Waals surface area contributed by atoms with E-state index in [1.807, 2.05) is 0 Å². The van der Waals surface area contributed by atoms with Crippen LogP contribution >= 0.6 is 23.2 Å². The first-order valence-corrected chi connectivity index (χ1v) is 5.54. The van der Waals surface area contributed by atoms with E-state index in [1.54, 1.807) is 18.2 Å². The Kier molecular flexibility index (Phi) is 4.73. The van der Waals surface area contributed by atoms with Crippen molar-refractivity contribution in [1.82, 2.24) is 0 Å². The van der Waals surface area contributed by atoms with Crippen molar-refractivity contribution in [2.45, 2.75) is 32.3 Å². The molecule has 1 unspecified atom stereocenters. The first-order chi connectivity index (χ1) is 6.66. The first kappa shape index (κ1) is 11.8. The standard InChI is InChI=1S/C11H14Cl2O/c1-2-3-7-10(14)11-8(12)5-4-6-9(11)13/h4-6,10,14H,2-3,7H2,1H3. The van der Waals surface area contributed by atoms with Crippen LogP contribution in [-0.2, 0) is 0 Å². The summed E-state index contributed by atoms with van der Waals surface area (Å²) in [6.07, 6.45) is 2.19. The third-order valence-corrected chi connectivity index (χ3v) is 2.82. The molecule has 1 aromatic rings. The summed E-state index contributed by atoms with van der Waals surface area (Å²) in [7, 11) is 0. The molecule has 1 N–H and O–H groups in total. The molecule has 0 aromatic heterocycles. The smallest absolute Gasteiger partial charge is 0.0819 e. The van der Waals surface area contributed by atoms with Gasteiger partial charge < -0.3 is 5.11 Å². The summed E-state index contributed by atoms with van der Waals surface area (Å²) in [4.78, 5) is 0. The number of hydrogen-bond donors (Lipinski definition) is 1. The number of benzene rings is 1. The molecule has 1 aromatic carbocycles. The third-order valence-electron chi connectivity index (χ3n) is 2.16. The van der Waals surface area contributed by atoms with Crippen molar-refractivity contribution >= 4 is 23.2 Å². The average molecular weight is 233 g/mol. The topological polar surface area (TPSA) is 20.2 Å². The Labute approximate surface area is 94.7 Å². The summed E-state index contributed by atoms with van der Waals surface area (Å²) in [5, 5.41) is 10.9. The van der Waals surface area contributed by atoms with Gasteiger partial charge in [0.05, 0.1) is 6.10 Å². The molecule has 0 aliphatic carbocycles. The van der Waals surface area contributed by atoms with Crippen molar-refractivity contribution < 1.29 is 5.11 Å². The Morgan fingerprint density at radius 1 is 1.29 bits per heavy atom. The molecule has 1 atom stereocenters. The predicted octanol–water partition coefficient (Wildman–Crippen LogP) is 4.22. The van der Waals surface area contributed by atoms with Gasteiger partial charge in [-0.3, -0.25) is 0 Å². The van der Waals surface area contributed by atoms with Crippen LogP contribution in [0.25, 0.3) is 0 Å². The Balaban J connectivity index is 2.82. The molecule has 0 saturated heterocycles. The second-order valence-electron chi connectivity index (χ2n) is 3.29. The van der Waals surface area contributed by atoms with E-state index in [0.29, 0.717) is 22.0 Å². The van der Waals surface area contributed by atoms with Crippen LogP contribution in [0.2, 0.25) is 10.0 Å². The Hall–Kier alpha value is -0.240. The number of aliphatic hydroxyl groups is 1. The fourth-order valence-electron chi connectivity index (χ4n) is 1.37. The van der Waals surface area contributed by atoms with Gasteiger partial charge in [0, 0.05) is 15.6 Å². The van der Waals surface area contributed by atoms with Gasteiger partial charge in [-0.2, -0.15) is 0 Å². The molecule has 3 heteroatoms. The molecule has 0 aliphatic heterocycles. The van der Waals surface area contributed by atoms with Gasteiger partial charge in [-0.1, -0.05) is 49.0 Å². The predicted molar refractivity (Wildman–Crippen MR) is 60.9 cm³/mol. The van der Waals surface area contributed by atoms with E-state index in [2.05, 4.69) is 6.92 Å². The Morgan fingerprint density at radius 3 is 2.36 bits per heavy atom. The van der Waals surface area contributed by atoms with Gasteiger partial charge in [0.15, 0.2) is 0 Å². The van der Waals surface area contributed by atoms with Crippen molar-refractivity contribution in [1.29, 1.82) is 0 Å². The van der Waals surface area contributed by atoms with Gasteiger partial charge in [-0.25, -0.2) is 0 Å². The van der Waals surface area contributed by atoms with Crippen LogP contribution in [0.5, 0.6) is 0 Å². The summed E-state index contributed by atoms with van der Waals surface area (Å²) in [5.74, 6) is 0. The molecular formula is C11H14Cl2O. The number of rotatable bonds is 4. The average Bonchev–Trinajstić information content (AvgIpc) is 2.14. The molecule has 0 bridgehead atoms. The van der Waals surface area contributed by atoms with Crippen LogP contribution in [0, 0.1) is 0 Å². The zero-order valence-corrected chi connectivity index (χ0v) is 9.65. The largest absolute Gasteiger partial charge is 0.388 e. The summed E-state index contributed by atoms with van der Waals surface area (Å²) >= 11 is 11.9. The molecular weight excluding hydrogens is 219 g/mol. The molecule has 0 amide bonds. The van der Waals surface area contributed by atoms with E-state index in [9.17, 15) is 5.11 Å². The second-order valence-corrected chi connectivity index (χ2v) is 4.11. The van der Waals surface area contributed by atoms with Crippen LogP contribution in [0.3, 0.4) is 0 Å². The molecule has 78 valence electrons. The highest BCUT2D eigenvalue weighted by Gasteiger charge is 2.14. The Bertz CT molecular complexity index is 279. The first-order valence-electron chi connectivity index (χ1n) is 4.78. The van der Waals surface area contributed by atoms with E-state index in [-0.39, 0.29) is 0 Å². The maximum absolute atomic E-state index is 9.84. The van der Waals surface area contributed by atoms with Crippen LogP contribution in [-0.4, -0.2) is 5.11 Å². The summed E-state index contributed by atoms with van der Waals surface area (Å²) in [6.45, 7) is 2.08. The third kappa shape index (κ3) is 2.88. The van der Waals surface area contributed by atoms with E-state index in [1.165, 1.54) is 0 Å². The molecule has 0 spiro atoms. The number of halogens is 2. The van der Waals surface area contributed by atoms with Crippen LogP contribution in [0.1, 0.15) is 37.9 Å². The minimum Gasteiger partial charge on any atom is -0.388 e. The van der Waals surface area contributed by atoms with E-state index in [4.69, 9.17) is 23.2 Å². The monoisotopic (exact) mass is 232 g/mol. The lowest BCUT2D eigenvalue weighted by atomic mass is 10.0. The molecule has 0 fully saturated rings. The van der Waals surface area contributed by atoms with Crippen molar-refractivity contribution in [2.75, 3.05) is 0 Å². The quantitative estimate of drug-likeness (QED) is 0.825. The molecule has 0 saturated carbocycles. The number of unbranched alkanes of at least 4 members (excludes halogenated alkanes) is 1. The lowest BCUT2D eigenvalue weighted by Gasteiger charge is -2.13. The molecule has 14 heavy (non-hydrogen) atoms. The molecule has 0 heterocycles. The lowest BCUT2D eigenvalue weighted by Crippen LogP contribution is -1.99. The minimum absolute atomic E-state index is 0.543. The zero-order valence-electron chi connectivity index (χ0n) is 8.13. The van der Waals surface area contributed by atoms with Crippen LogP contribution in [0.15, 0.2) is 18.2 Å². The number of aliphatic hydroxyl groups excluding tert-OH is 1. The SMILES string of the molecule is CCCCC(O)c1c(Cl)cccc1Cl. The highest BCUT2D eigenvalue weighted by atomic mass is 35.5. The molecule has 0 radical (unpaired) electrons. The number of hydrogen-bond acceptors (Lipinski definition) is 1. The van der Waals surface area contributed by atoms with E-state index >= 15 is 0 Å². The van der Waals surface area contributed by atoms with Crippen LogP contribution < -0.4 is 0 Å². The molecule has 1 rings (SSSR count). The highest BCUT2D eigenvalue weighted by Crippen LogP contribution is 2.32. The lowest BCUT2D eigenvalue weighted by molar-refractivity contribution is 0.164.